The predicted octanol–water partition coefficient (Wildman–Crippen LogP) is 4.46. The maximum Gasteiger partial charge on any atom is 0.263 e. The molecule has 38 heavy (non-hydrogen) atoms. The number of hydrogen-bond donors (Lipinski definition) is 1. The molecule has 1 aliphatic heterocycles. The highest BCUT2D eigenvalue weighted by atomic mass is 16.5. The number of nitrogens with one attached hydrogen (secondary N) is 1. The fraction of sp³-hybridized carbons (Fsp3) is 0.536. The first-order chi connectivity index (χ1) is 18.5. The van der Waals surface area contributed by atoms with Crippen LogP contribution in [0.25, 0.3) is 11.3 Å². The van der Waals surface area contributed by atoms with Crippen molar-refractivity contribution in [2.75, 3.05) is 27.2 Å². The molecule has 1 N–H and O–H groups in total. The van der Waals surface area contributed by atoms with E-state index in [2.05, 4.69) is 32.2 Å². The van der Waals surface area contributed by atoms with Crippen molar-refractivity contribution in [1.29, 1.82) is 0 Å². The Kier molecular flexibility index (Phi) is 7.87. The molecule has 1 amide bonds. The van der Waals surface area contributed by atoms with Crippen LogP contribution in [-0.4, -0.2) is 58.8 Å². The molecule has 2 aliphatic rings. The van der Waals surface area contributed by atoms with Gasteiger partial charge < -0.3 is 23.8 Å². The summed E-state index contributed by atoms with van der Waals surface area (Å²) in [5.74, 6) is 1.64. The highest BCUT2D eigenvalue weighted by Crippen LogP contribution is 2.59. The first-order valence-corrected chi connectivity index (χ1v) is 13.4. The van der Waals surface area contributed by atoms with Crippen LogP contribution < -0.4 is 10.1 Å². The molecule has 0 aromatic carbocycles. The van der Waals surface area contributed by atoms with Crippen molar-refractivity contribution in [3.63, 3.8) is 0 Å². The van der Waals surface area contributed by atoms with Crippen LogP contribution in [0, 0.1) is 11.3 Å². The van der Waals surface area contributed by atoms with Gasteiger partial charge in [0.1, 0.15) is 12.3 Å². The van der Waals surface area contributed by atoms with Crippen LogP contribution in [0.4, 0.5) is 0 Å². The van der Waals surface area contributed by atoms with Crippen LogP contribution in [0.1, 0.15) is 74.0 Å². The lowest BCUT2D eigenvalue weighted by atomic mass is 9.91. The number of piperidine rings is 1. The van der Waals surface area contributed by atoms with Crippen LogP contribution >= 0.6 is 0 Å². The zero-order valence-corrected chi connectivity index (χ0v) is 22.0. The quantitative estimate of drug-likeness (QED) is 0.272. The van der Waals surface area contributed by atoms with Crippen molar-refractivity contribution in [1.82, 2.24) is 25.2 Å². The Morgan fingerprint density at radius 2 is 2.03 bits per heavy atom. The van der Waals surface area contributed by atoms with Gasteiger partial charge >= 0.3 is 0 Å². The molecule has 1 unspecified atom stereocenters. The van der Waals surface area contributed by atoms with Gasteiger partial charge in [-0.25, -0.2) is 15.0 Å². The average molecular weight is 522 g/mol. The number of pyridine rings is 1. The van der Waals surface area contributed by atoms with Gasteiger partial charge in [0.25, 0.3) is 5.89 Å². The molecule has 4 heterocycles. The smallest absolute Gasteiger partial charge is 0.263 e. The number of amides is 1. The van der Waals surface area contributed by atoms with Crippen LogP contribution in [0.3, 0.4) is 0 Å². The molecule has 0 bridgehead atoms. The third-order valence-electron chi connectivity index (χ3n) is 7.92. The number of nitrogens with zero attached hydrogens (tertiary/aromatic N) is 4. The second-order valence-corrected chi connectivity index (χ2v) is 10.5. The molecule has 2 fully saturated rings. The van der Waals surface area contributed by atoms with Crippen molar-refractivity contribution in [3.8, 4) is 17.2 Å². The number of methoxy groups -OCH3 is 1. The van der Waals surface area contributed by atoms with Crippen molar-refractivity contribution in [2.24, 2.45) is 11.3 Å². The van der Waals surface area contributed by atoms with E-state index in [-0.39, 0.29) is 35.0 Å². The summed E-state index contributed by atoms with van der Waals surface area (Å²) in [7, 11) is 3.70. The molecule has 3 aromatic rings. The first-order valence-electron chi connectivity index (χ1n) is 13.4. The van der Waals surface area contributed by atoms with Gasteiger partial charge in [0.05, 0.1) is 25.1 Å². The maximum atomic E-state index is 13.3. The summed E-state index contributed by atoms with van der Waals surface area (Å²) in [5, 5.41) is 3.25. The molecule has 10 heteroatoms. The lowest BCUT2D eigenvalue weighted by Gasteiger charge is -2.30. The van der Waals surface area contributed by atoms with E-state index in [4.69, 9.17) is 13.6 Å². The average Bonchev–Trinajstić information content (AvgIpc) is 3.29. The van der Waals surface area contributed by atoms with Crippen LogP contribution in [0.2, 0.25) is 0 Å². The van der Waals surface area contributed by atoms with Crippen LogP contribution in [-0.2, 0) is 4.79 Å². The molecule has 5 rings (SSSR count). The first kappa shape index (κ1) is 26.1. The fourth-order valence-electron chi connectivity index (χ4n) is 5.46. The summed E-state index contributed by atoms with van der Waals surface area (Å²) in [6.07, 6.45) is 12.6. The van der Waals surface area contributed by atoms with E-state index in [1.54, 1.807) is 19.5 Å². The van der Waals surface area contributed by atoms with E-state index in [1.165, 1.54) is 12.5 Å². The Morgan fingerprint density at radius 1 is 1.18 bits per heavy atom. The lowest BCUT2D eigenvalue weighted by molar-refractivity contribution is -0.124. The maximum absolute atomic E-state index is 13.3. The molecule has 1 saturated heterocycles. The van der Waals surface area contributed by atoms with Gasteiger partial charge in [0.2, 0.25) is 23.5 Å². The lowest BCUT2D eigenvalue weighted by Crippen LogP contribution is -2.36. The summed E-state index contributed by atoms with van der Waals surface area (Å²) in [6, 6.07) is 3.32. The van der Waals surface area contributed by atoms with E-state index in [0.29, 0.717) is 42.4 Å². The van der Waals surface area contributed by atoms with Crippen molar-refractivity contribution in [2.45, 2.75) is 57.4 Å². The number of Topliss-reactive ketones (excluding diaryl/α,β-unsaturated/α-hetero) is 1. The van der Waals surface area contributed by atoms with E-state index in [0.717, 1.165) is 45.2 Å². The van der Waals surface area contributed by atoms with E-state index >= 15 is 0 Å². The Bertz CT molecular complexity index is 1230. The number of likely N-dealkylation sites (tertiary alicyclic amines) is 1. The van der Waals surface area contributed by atoms with E-state index in [9.17, 15) is 9.59 Å². The van der Waals surface area contributed by atoms with Gasteiger partial charge in [0.15, 0.2) is 5.76 Å². The molecule has 2 atom stereocenters. The minimum atomic E-state index is -0.356. The Balaban J connectivity index is 1.23. The Morgan fingerprint density at radius 3 is 2.79 bits per heavy atom. The third-order valence-corrected chi connectivity index (χ3v) is 7.92. The minimum Gasteiger partial charge on any atom is -0.480 e. The van der Waals surface area contributed by atoms with Crippen molar-refractivity contribution >= 4 is 11.7 Å². The summed E-state index contributed by atoms with van der Waals surface area (Å²) in [5.41, 5.74) is 0.850. The zero-order chi connectivity index (χ0) is 26.5. The van der Waals surface area contributed by atoms with Gasteiger partial charge in [-0.05, 0) is 69.8 Å². The number of ether oxygens (including phenoxy) is 1. The minimum absolute atomic E-state index is 0.0463. The second kappa shape index (κ2) is 11.5. The summed E-state index contributed by atoms with van der Waals surface area (Å²) < 4.78 is 16.6. The molecule has 1 saturated carbocycles. The normalized spacial score (nSPS) is 19.3. The van der Waals surface area contributed by atoms with Gasteiger partial charge in [0, 0.05) is 18.5 Å². The standard InChI is InChI=1S/C28H35N5O5/c1-33-14-10-28(11-15-33)17-20(28)24(35)32-21(8-4-3-5-9-22(34)27-30-13-16-37-27)26-31-18-23(38-26)19-7-6-12-29-25(19)36-2/h6-7,12-13,16,18,20-21H,3-5,8-11,14-15,17H2,1-2H3,(H,32,35)/t20-,21?/m1/s1. The topological polar surface area (TPSA) is 124 Å². The molecule has 202 valence electrons. The highest BCUT2D eigenvalue weighted by molar-refractivity contribution is 5.91. The monoisotopic (exact) mass is 521 g/mol. The largest absolute Gasteiger partial charge is 0.480 e. The molecule has 3 aromatic heterocycles. The molecule has 1 aliphatic carbocycles. The second-order valence-electron chi connectivity index (χ2n) is 10.5. The summed E-state index contributed by atoms with van der Waals surface area (Å²) >= 11 is 0. The Hall–Kier alpha value is -3.53. The summed E-state index contributed by atoms with van der Waals surface area (Å²) in [4.78, 5) is 40.5. The third kappa shape index (κ3) is 5.80. The SMILES string of the molecule is COc1ncccc1-c1cnc(C(CCCCCC(=O)c2ncco2)NC(=O)[C@H]2CC23CCN(C)CC3)o1. The van der Waals surface area contributed by atoms with Gasteiger partial charge in [-0.1, -0.05) is 12.8 Å². The number of oxazole rings is 2. The molecule has 0 radical (unpaired) electrons. The number of carbonyl (C=O) groups excluding carboxylic acids is 2. The number of carbonyl (C=O) groups is 2. The van der Waals surface area contributed by atoms with E-state index < -0.39 is 0 Å². The molecular formula is C28H35N5O5. The number of aromatic nitrogens is 3. The number of unbranched alkanes of at least 4 members (excludes halogenated alkanes) is 2. The predicted molar refractivity (Wildman–Crippen MR) is 138 cm³/mol. The number of rotatable bonds is 12. The number of ketones is 1. The molecule has 10 nitrogen and oxygen atoms in total. The van der Waals surface area contributed by atoms with Crippen LogP contribution in [0.15, 0.2) is 45.8 Å². The van der Waals surface area contributed by atoms with Gasteiger partial charge in [-0.15, -0.1) is 0 Å². The van der Waals surface area contributed by atoms with Crippen molar-refractivity contribution < 1.29 is 23.2 Å². The number of hydrogen-bond acceptors (Lipinski definition) is 9. The fourth-order valence-corrected chi connectivity index (χ4v) is 5.46. The van der Waals surface area contributed by atoms with Crippen LogP contribution in [0.5, 0.6) is 5.88 Å². The van der Waals surface area contributed by atoms with E-state index in [1.807, 2.05) is 12.1 Å². The van der Waals surface area contributed by atoms with Gasteiger partial charge in [-0.3, -0.25) is 9.59 Å². The van der Waals surface area contributed by atoms with Gasteiger partial charge in [-0.2, -0.15) is 0 Å². The summed E-state index contributed by atoms with van der Waals surface area (Å²) in [6.45, 7) is 2.07. The molecule has 1 spiro atoms. The molecular weight excluding hydrogens is 486 g/mol. The zero-order valence-electron chi connectivity index (χ0n) is 22.0. The van der Waals surface area contributed by atoms with Crippen molar-refractivity contribution in [3.05, 3.63) is 48.8 Å². The Labute approximate surface area is 222 Å². The highest BCUT2D eigenvalue weighted by Gasteiger charge is 2.58.